The van der Waals surface area contributed by atoms with E-state index in [1.165, 1.54) is 4.90 Å². The number of rotatable bonds is 6. The lowest BCUT2D eigenvalue weighted by molar-refractivity contribution is -0.144. The fourth-order valence-electron chi connectivity index (χ4n) is 5.50. The largest absolute Gasteiger partial charge is 0.495 e. The van der Waals surface area contributed by atoms with Crippen molar-refractivity contribution in [2.24, 2.45) is 23.7 Å². The van der Waals surface area contributed by atoms with Crippen molar-refractivity contribution in [3.05, 3.63) is 71.8 Å². The van der Waals surface area contributed by atoms with Gasteiger partial charge in [0.25, 0.3) is 0 Å². The first kappa shape index (κ1) is 20.5. The third kappa shape index (κ3) is 3.30. The predicted molar refractivity (Wildman–Crippen MR) is 120 cm³/mol. The summed E-state index contributed by atoms with van der Waals surface area (Å²) in [6, 6.07) is 14.2. The highest BCUT2D eigenvalue weighted by Crippen LogP contribution is 2.54. The van der Waals surface area contributed by atoms with Crippen LogP contribution in [0.4, 0.5) is 5.69 Å². The number of amides is 3. The van der Waals surface area contributed by atoms with E-state index in [4.69, 9.17) is 4.74 Å². The number of ether oxygens (including phenoxy) is 1. The summed E-state index contributed by atoms with van der Waals surface area (Å²) in [7, 11) is 1.54. The zero-order valence-corrected chi connectivity index (χ0v) is 18.2. The summed E-state index contributed by atoms with van der Waals surface area (Å²) in [5.74, 6) is -0.331. The number of carbonyl (C=O) groups is 3. The number of para-hydroxylation sites is 2. The molecule has 2 aliphatic carbocycles. The number of nitrogens with zero attached hydrogens (tertiary/aromatic N) is 1. The van der Waals surface area contributed by atoms with Gasteiger partial charge in [0, 0.05) is 0 Å². The second kappa shape index (κ2) is 7.93. The maximum Gasteiger partial charge on any atom is 0.234 e. The monoisotopic (exact) mass is 430 g/mol. The fraction of sp³-hybridized carbons (Fsp3) is 0.346. The van der Waals surface area contributed by atoms with Crippen LogP contribution in [0.5, 0.6) is 5.75 Å². The van der Waals surface area contributed by atoms with Gasteiger partial charge in [0.1, 0.15) is 5.75 Å². The van der Waals surface area contributed by atoms with Crippen LogP contribution in [-0.4, -0.2) is 29.7 Å². The highest BCUT2D eigenvalue weighted by atomic mass is 16.5. The molecule has 164 valence electrons. The zero-order chi connectivity index (χ0) is 22.4. The molecule has 6 heteroatoms. The van der Waals surface area contributed by atoms with Gasteiger partial charge in [-0.05, 0) is 42.9 Å². The van der Waals surface area contributed by atoms with E-state index >= 15 is 0 Å². The molecule has 3 aliphatic rings. The van der Waals surface area contributed by atoms with Gasteiger partial charge in [-0.3, -0.25) is 19.3 Å². The van der Waals surface area contributed by atoms with Crippen molar-refractivity contribution >= 4 is 23.4 Å². The minimum absolute atomic E-state index is 0.0131. The second-order valence-corrected chi connectivity index (χ2v) is 8.93. The lowest BCUT2D eigenvalue weighted by Crippen LogP contribution is -2.38. The Kier molecular flexibility index (Phi) is 5.08. The summed E-state index contributed by atoms with van der Waals surface area (Å²) in [4.78, 5) is 41.3. The first-order valence-corrected chi connectivity index (χ1v) is 11.0. The molecule has 1 saturated heterocycles. The lowest BCUT2D eigenvalue weighted by Gasteiger charge is -2.28. The van der Waals surface area contributed by atoms with E-state index in [-0.39, 0.29) is 47.8 Å². The molecule has 32 heavy (non-hydrogen) atoms. The van der Waals surface area contributed by atoms with E-state index in [0.717, 1.165) is 17.5 Å². The SMILES string of the molecule is COc1ccccc1NC(=O)CC(c1ccc(C)cc1)N1C(=O)C2C3C=CC(C3)C2C1=O. The normalized spacial score (nSPS) is 26.4. The number of fused-ring (bicyclic) bond motifs is 5. The smallest absolute Gasteiger partial charge is 0.234 e. The second-order valence-electron chi connectivity index (χ2n) is 8.93. The number of allylic oxidation sites excluding steroid dienone is 2. The van der Waals surface area contributed by atoms with Gasteiger partial charge in [-0.15, -0.1) is 0 Å². The number of aryl methyl sites for hydroxylation is 1. The van der Waals surface area contributed by atoms with Crippen LogP contribution in [0, 0.1) is 30.6 Å². The quantitative estimate of drug-likeness (QED) is 0.557. The Morgan fingerprint density at radius 1 is 1.03 bits per heavy atom. The van der Waals surface area contributed by atoms with Crippen molar-refractivity contribution in [2.45, 2.75) is 25.8 Å². The van der Waals surface area contributed by atoms with Crippen LogP contribution < -0.4 is 10.1 Å². The van der Waals surface area contributed by atoms with E-state index in [0.29, 0.717) is 11.4 Å². The van der Waals surface area contributed by atoms with Crippen LogP contribution in [0.3, 0.4) is 0 Å². The summed E-state index contributed by atoms with van der Waals surface area (Å²) in [5, 5.41) is 2.88. The summed E-state index contributed by atoms with van der Waals surface area (Å²) >= 11 is 0. The Morgan fingerprint density at radius 3 is 2.28 bits per heavy atom. The van der Waals surface area contributed by atoms with Gasteiger partial charge < -0.3 is 10.1 Å². The third-order valence-corrected chi connectivity index (χ3v) is 7.04. The van der Waals surface area contributed by atoms with Crippen molar-refractivity contribution < 1.29 is 19.1 Å². The van der Waals surface area contributed by atoms with Crippen LogP contribution in [0.15, 0.2) is 60.7 Å². The molecular formula is C26H26N2O4. The van der Waals surface area contributed by atoms with Gasteiger partial charge >= 0.3 is 0 Å². The number of likely N-dealkylation sites (tertiary alicyclic amines) is 1. The molecule has 1 heterocycles. The number of anilines is 1. The average Bonchev–Trinajstić information content (AvgIpc) is 3.47. The van der Waals surface area contributed by atoms with Crippen LogP contribution in [0.25, 0.3) is 0 Å². The summed E-state index contributed by atoms with van der Waals surface area (Å²) < 4.78 is 5.32. The van der Waals surface area contributed by atoms with E-state index in [1.807, 2.05) is 43.3 Å². The molecule has 0 spiro atoms. The highest BCUT2D eigenvalue weighted by molar-refractivity contribution is 6.07. The molecule has 1 aliphatic heterocycles. The van der Waals surface area contributed by atoms with E-state index in [2.05, 4.69) is 17.5 Å². The maximum absolute atomic E-state index is 13.4. The first-order chi connectivity index (χ1) is 15.5. The zero-order valence-electron chi connectivity index (χ0n) is 18.2. The topological polar surface area (TPSA) is 75.7 Å². The Morgan fingerprint density at radius 2 is 1.66 bits per heavy atom. The molecule has 1 saturated carbocycles. The molecule has 3 amide bonds. The Labute approximate surface area is 187 Å². The molecule has 5 rings (SSSR count). The van der Waals surface area contributed by atoms with Crippen molar-refractivity contribution in [3.8, 4) is 5.75 Å². The fourth-order valence-corrected chi connectivity index (χ4v) is 5.50. The number of imide groups is 1. The van der Waals surface area contributed by atoms with Crippen molar-refractivity contribution in [3.63, 3.8) is 0 Å². The van der Waals surface area contributed by atoms with Gasteiger partial charge in [0.15, 0.2) is 0 Å². The summed E-state index contributed by atoms with van der Waals surface area (Å²) in [6.07, 6.45) is 5.02. The molecular weight excluding hydrogens is 404 g/mol. The third-order valence-electron chi connectivity index (χ3n) is 7.04. The Balaban J connectivity index is 1.44. The molecule has 1 N–H and O–H groups in total. The summed E-state index contributed by atoms with van der Waals surface area (Å²) in [6.45, 7) is 1.98. The Bertz CT molecular complexity index is 1080. The standard InChI is InChI=1S/C26H26N2O4/c1-15-7-9-16(10-8-15)20(14-22(29)27-19-5-3-4-6-21(19)32-2)28-25(30)23-17-11-12-18(13-17)24(23)26(28)31/h3-12,17-18,20,23-24H,13-14H2,1-2H3,(H,27,29). The van der Waals surface area contributed by atoms with Gasteiger partial charge in [0.2, 0.25) is 17.7 Å². The van der Waals surface area contributed by atoms with Crippen LogP contribution in [0.1, 0.15) is 30.0 Å². The highest BCUT2D eigenvalue weighted by Gasteiger charge is 2.60. The van der Waals surface area contributed by atoms with Crippen LogP contribution >= 0.6 is 0 Å². The van der Waals surface area contributed by atoms with Crippen LogP contribution in [-0.2, 0) is 14.4 Å². The molecule has 0 radical (unpaired) electrons. The number of hydrogen-bond acceptors (Lipinski definition) is 4. The number of carbonyl (C=O) groups excluding carboxylic acids is 3. The number of nitrogens with one attached hydrogen (secondary N) is 1. The van der Waals surface area contributed by atoms with Crippen molar-refractivity contribution in [1.29, 1.82) is 0 Å². The minimum Gasteiger partial charge on any atom is -0.495 e. The molecule has 5 unspecified atom stereocenters. The molecule has 0 aromatic heterocycles. The van der Waals surface area contributed by atoms with Crippen molar-refractivity contribution in [1.82, 2.24) is 4.90 Å². The van der Waals surface area contributed by atoms with Gasteiger partial charge in [-0.25, -0.2) is 0 Å². The van der Waals surface area contributed by atoms with Crippen LogP contribution in [0.2, 0.25) is 0 Å². The maximum atomic E-state index is 13.4. The lowest BCUT2D eigenvalue weighted by atomic mass is 9.85. The molecule has 2 bridgehead atoms. The van der Waals surface area contributed by atoms with Crippen molar-refractivity contribution in [2.75, 3.05) is 12.4 Å². The molecule has 6 nitrogen and oxygen atoms in total. The summed E-state index contributed by atoms with van der Waals surface area (Å²) in [5.41, 5.74) is 2.41. The van der Waals surface area contributed by atoms with E-state index in [9.17, 15) is 14.4 Å². The van der Waals surface area contributed by atoms with E-state index < -0.39 is 6.04 Å². The van der Waals surface area contributed by atoms with Gasteiger partial charge in [-0.1, -0.05) is 54.1 Å². The minimum atomic E-state index is -0.643. The number of benzene rings is 2. The Hall–Kier alpha value is -3.41. The number of methoxy groups -OCH3 is 1. The molecule has 5 atom stereocenters. The molecule has 2 aromatic rings. The average molecular weight is 431 g/mol. The van der Waals surface area contributed by atoms with Gasteiger partial charge in [-0.2, -0.15) is 0 Å². The van der Waals surface area contributed by atoms with E-state index in [1.54, 1.807) is 19.2 Å². The molecule has 2 fully saturated rings. The molecule has 2 aromatic carbocycles. The first-order valence-electron chi connectivity index (χ1n) is 11.0. The van der Waals surface area contributed by atoms with Gasteiger partial charge in [0.05, 0.1) is 37.1 Å². The number of hydrogen-bond donors (Lipinski definition) is 1. The predicted octanol–water partition coefficient (Wildman–Crippen LogP) is 3.88.